The van der Waals surface area contributed by atoms with Gasteiger partial charge in [0.1, 0.15) is 12.2 Å². The Balaban J connectivity index is 2.24. The predicted octanol–water partition coefficient (Wildman–Crippen LogP) is 0.731. The van der Waals surface area contributed by atoms with Crippen LogP contribution in [0.1, 0.15) is 27.2 Å². The fraction of sp³-hybridized carbons (Fsp3) is 1.00. The van der Waals surface area contributed by atoms with Gasteiger partial charge < -0.3 is 37.0 Å². The van der Waals surface area contributed by atoms with Crippen LogP contribution in [0.5, 0.6) is 0 Å². The fourth-order valence-corrected chi connectivity index (χ4v) is 3.87. The van der Waals surface area contributed by atoms with Gasteiger partial charge in [-0.15, -0.1) is 0 Å². The first-order valence-electron chi connectivity index (χ1n) is 8.67. The average molecular weight is 368 g/mol. The standard InChI is InChI=1S/C15H32O8Si/c1-4-20-24(21-5-2,22-6-3)23-13-14(10-16)18-9-7-8-17-11-15-12-19-15/h14-16H,4-13H2,1-3H3. The Morgan fingerprint density at radius 3 is 2.17 bits per heavy atom. The number of epoxide rings is 1. The summed E-state index contributed by atoms with van der Waals surface area (Å²) in [5.41, 5.74) is 0. The monoisotopic (exact) mass is 368 g/mol. The van der Waals surface area contributed by atoms with Crippen LogP contribution in [0.2, 0.25) is 0 Å². The molecule has 0 aromatic carbocycles. The number of aliphatic hydroxyl groups is 1. The van der Waals surface area contributed by atoms with Crippen LogP contribution < -0.4 is 0 Å². The Morgan fingerprint density at radius 1 is 1.04 bits per heavy atom. The summed E-state index contributed by atoms with van der Waals surface area (Å²) < 4.78 is 38.6. The lowest BCUT2D eigenvalue weighted by molar-refractivity contribution is -0.0729. The van der Waals surface area contributed by atoms with Crippen LogP contribution >= 0.6 is 0 Å². The number of rotatable bonds is 17. The van der Waals surface area contributed by atoms with Gasteiger partial charge in [-0.05, 0) is 27.2 Å². The zero-order valence-electron chi connectivity index (χ0n) is 15.0. The molecule has 1 aliphatic heterocycles. The lowest BCUT2D eigenvalue weighted by Gasteiger charge is -2.28. The second-order valence-corrected chi connectivity index (χ2v) is 7.32. The molecule has 1 rings (SSSR count). The van der Waals surface area contributed by atoms with Gasteiger partial charge in [0.2, 0.25) is 0 Å². The molecule has 0 aromatic heterocycles. The zero-order valence-corrected chi connectivity index (χ0v) is 16.0. The third kappa shape index (κ3) is 9.40. The van der Waals surface area contributed by atoms with E-state index in [1.165, 1.54) is 0 Å². The normalized spacial score (nSPS) is 18.8. The topological polar surface area (TPSA) is 88.1 Å². The lowest BCUT2D eigenvalue weighted by atomic mass is 10.4. The average Bonchev–Trinajstić information content (AvgIpc) is 3.38. The van der Waals surface area contributed by atoms with Crippen molar-refractivity contribution in [2.75, 3.05) is 59.5 Å². The van der Waals surface area contributed by atoms with Crippen LogP contribution in [0.4, 0.5) is 0 Å². The van der Waals surface area contributed by atoms with E-state index in [4.69, 9.17) is 31.9 Å². The largest absolute Gasteiger partial charge is 0.679 e. The maximum atomic E-state index is 9.44. The van der Waals surface area contributed by atoms with Crippen LogP contribution in [0.25, 0.3) is 0 Å². The quantitative estimate of drug-likeness (QED) is 0.228. The zero-order chi connectivity index (χ0) is 17.7. The van der Waals surface area contributed by atoms with Crippen molar-refractivity contribution in [1.29, 1.82) is 0 Å². The second-order valence-electron chi connectivity index (χ2n) is 5.17. The van der Waals surface area contributed by atoms with Gasteiger partial charge in [-0.1, -0.05) is 0 Å². The molecule has 24 heavy (non-hydrogen) atoms. The van der Waals surface area contributed by atoms with Crippen molar-refractivity contribution in [3.05, 3.63) is 0 Å². The van der Waals surface area contributed by atoms with Gasteiger partial charge in [0, 0.05) is 33.0 Å². The molecule has 1 aliphatic rings. The molecule has 8 nitrogen and oxygen atoms in total. The second kappa shape index (κ2) is 13.1. The summed E-state index contributed by atoms with van der Waals surface area (Å²) in [7, 11) is -3.17. The Bertz CT molecular complexity index is 286. The van der Waals surface area contributed by atoms with E-state index >= 15 is 0 Å². The molecule has 0 amide bonds. The first-order valence-corrected chi connectivity index (χ1v) is 10.3. The summed E-state index contributed by atoms with van der Waals surface area (Å²) in [6.07, 6.45) is 0.567. The van der Waals surface area contributed by atoms with E-state index < -0.39 is 15.2 Å². The lowest BCUT2D eigenvalue weighted by Crippen LogP contribution is -2.51. The first-order chi connectivity index (χ1) is 11.7. The van der Waals surface area contributed by atoms with Crippen LogP contribution in [-0.4, -0.2) is 85.8 Å². The molecule has 1 fully saturated rings. The maximum Gasteiger partial charge on any atom is 0.679 e. The highest BCUT2D eigenvalue weighted by Crippen LogP contribution is 2.13. The highest BCUT2D eigenvalue weighted by atomic mass is 28.4. The molecule has 0 saturated carbocycles. The molecule has 0 aromatic rings. The summed E-state index contributed by atoms with van der Waals surface area (Å²) in [6, 6.07) is 0. The van der Waals surface area contributed by atoms with Gasteiger partial charge in [-0.2, -0.15) is 0 Å². The molecule has 0 aliphatic carbocycles. The highest BCUT2D eigenvalue weighted by molar-refractivity contribution is 6.53. The summed E-state index contributed by atoms with van der Waals surface area (Å²) in [5.74, 6) is 0. The maximum absolute atomic E-state index is 9.44. The smallest absolute Gasteiger partial charge is 0.394 e. The van der Waals surface area contributed by atoms with Crippen molar-refractivity contribution in [2.24, 2.45) is 0 Å². The molecule has 1 heterocycles. The van der Waals surface area contributed by atoms with Gasteiger partial charge in [0.25, 0.3) is 0 Å². The van der Waals surface area contributed by atoms with Crippen LogP contribution in [0.15, 0.2) is 0 Å². The van der Waals surface area contributed by atoms with Crippen molar-refractivity contribution in [2.45, 2.75) is 39.4 Å². The fourth-order valence-electron chi connectivity index (χ4n) is 1.92. The van der Waals surface area contributed by atoms with Crippen molar-refractivity contribution >= 4 is 9.05 Å². The summed E-state index contributed by atoms with van der Waals surface area (Å²) in [6.45, 7) is 9.38. The molecule has 0 bridgehead atoms. The molecule has 0 radical (unpaired) electrons. The minimum Gasteiger partial charge on any atom is -0.394 e. The van der Waals surface area contributed by atoms with E-state index in [1.54, 1.807) is 0 Å². The number of hydrogen-bond donors (Lipinski definition) is 1. The molecule has 1 N–H and O–H groups in total. The third-order valence-electron chi connectivity index (χ3n) is 3.11. The molecular formula is C15H32O8Si. The number of ether oxygens (including phenoxy) is 3. The van der Waals surface area contributed by atoms with Gasteiger partial charge in [0.15, 0.2) is 0 Å². The van der Waals surface area contributed by atoms with Crippen molar-refractivity contribution < 1.29 is 37.0 Å². The summed E-state index contributed by atoms with van der Waals surface area (Å²) >= 11 is 0. The van der Waals surface area contributed by atoms with Gasteiger partial charge in [-0.25, -0.2) is 0 Å². The number of hydrogen-bond acceptors (Lipinski definition) is 8. The van der Waals surface area contributed by atoms with Crippen LogP contribution in [0, 0.1) is 0 Å². The molecule has 144 valence electrons. The molecule has 2 atom stereocenters. The molecule has 0 spiro atoms. The van der Waals surface area contributed by atoms with Crippen molar-refractivity contribution in [1.82, 2.24) is 0 Å². The van der Waals surface area contributed by atoms with Crippen LogP contribution in [0.3, 0.4) is 0 Å². The number of aliphatic hydroxyl groups excluding tert-OH is 1. The third-order valence-corrected chi connectivity index (χ3v) is 5.55. The molecular weight excluding hydrogens is 336 g/mol. The summed E-state index contributed by atoms with van der Waals surface area (Å²) in [5, 5.41) is 9.44. The Hall–Kier alpha value is -0.103. The Morgan fingerprint density at radius 2 is 1.67 bits per heavy atom. The van der Waals surface area contributed by atoms with Gasteiger partial charge in [0.05, 0.1) is 26.4 Å². The van der Waals surface area contributed by atoms with Gasteiger partial charge >= 0.3 is 9.05 Å². The molecule has 2 unspecified atom stereocenters. The van der Waals surface area contributed by atoms with Gasteiger partial charge in [-0.3, -0.25) is 0 Å². The van der Waals surface area contributed by atoms with Crippen molar-refractivity contribution in [3.8, 4) is 0 Å². The van der Waals surface area contributed by atoms with E-state index in [2.05, 4.69) is 0 Å². The summed E-state index contributed by atoms with van der Waals surface area (Å²) in [4.78, 5) is 0. The van der Waals surface area contributed by atoms with Crippen molar-refractivity contribution in [3.63, 3.8) is 0 Å². The van der Waals surface area contributed by atoms with Crippen LogP contribution in [-0.2, 0) is 31.9 Å². The Labute approximate surface area is 145 Å². The minimum absolute atomic E-state index is 0.147. The highest BCUT2D eigenvalue weighted by Gasteiger charge is 2.45. The molecule has 9 heteroatoms. The van der Waals surface area contributed by atoms with E-state index in [0.29, 0.717) is 39.6 Å². The first kappa shape index (κ1) is 21.9. The SMILES string of the molecule is CCO[Si](OCC)(OCC)OCC(CO)OCCCOCC1CO1. The van der Waals surface area contributed by atoms with E-state index in [1.807, 2.05) is 20.8 Å². The van der Waals surface area contributed by atoms with E-state index in [0.717, 1.165) is 13.0 Å². The molecule has 1 saturated heterocycles. The van der Waals surface area contributed by atoms with E-state index in [9.17, 15) is 5.11 Å². The van der Waals surface area contributed by atoms with E-state index in [-0.39, 0.29) is 19.3 Å². The Kier molecular flexibility index (Phi) is 12.0. The minimum atomic E-state index is -3.17. The predicted molar refractivity (Wildman–Crippen MR) is 88.6 cm³/mol.